The van der Waals surface area contributed by atoms with Crippen molar-refractivity contribution in [2.75, 3.05) is 0 Å². The summed E-state index contributed by atoms with van der Waals surface area (Å²) in [6, 6.07) is 8.96. The predicted octanol–water partition coefficient (Wildman–Crippen LogP) is 4.73. The smallest absolute Gasteiger partial charge is 0.273 e. The lowest BCUT2D eigenvalue weighted by molar-refractivity contribution is -0.385. The highest BCUT2D eigenvalue weighted by Gasteiger charge is 2.14. The lowest BCUT2D eigenvalue weighted by atomic mass is 10.2. The molecule has 0 saturated carbocycles. The third kappa shape index (κ3) is 3.14. The third-order valence-electron chi connectivity index (χ3n) is 2.77. The van der Waals surface area contributed by atoms with Crippen molar-refractivity contribution in [3.05, 3.63) is 63.5 Å². The maximum atomic E-state index is 13.4. The molecule has 4 nitrogen and oxygen atoms in total. The summed E-state index contributed by atoms with van der Waals surface area (Å²) in [7, 11) is 0. The van der Waals surface area contributed by atoms with Crippen LogP contribution in [0.25, 0.3) is 0 Å². The number of rotatable bonds is 4. The summed E-state index contributed by atoms with van der Waals surface area (Å²) in [5, 5.41) is 11.2. The van der Waals surface area contributed by atoms with Gasteiger partial charge in [-0.25, -0.2) is 4.39 Å². The summed E-state index contributed by atoms with van der Waals surface area (Å²) in [5.74, 6) is 0.418. The van der Waals surface area contributed by atoms with Crippen LogP contribution in [0.5, 0.6) is 11.5 Å². The number of halogens is 2. The van der Waals surface area contributed by atoms with Crippen LogP contribution in [0.2, 0.25) is 0 Å². The molecule has 104 valence electrons. The Morgan fingerprint density at radius 3 is 2.50 bits per heavy atom. The molecule has 0 N–H and O–H groups in total. The fraction of sp³-hybridized carbons (Fsp3) is 0.143. The second kappa shape index (κ2) is 6.00. The average molecular weight is 340 g/mol. The van der Waals surface area contributed by atoms with E-state index >= 15 is 0 Å². The number of nitrogens with zero attached hydrogens (tertiary/aromatic N) is 1. The first-order valence-electron chi connectivity index (χ1n) is 5.78. The van der Waals surface area contributed by atoms with Gasteiger partial charge in [0.25, 0.3) is 5.69 Å². The van der Waals surface area contributed by atoms with Crippen LogP contribution in [0.3, 0.4) is 0 Å². The Balaban J connectivity index is 2.29. The highest BCUT2D eigenvalue weighted by molar-refractivity contribution is 9.08. The van der Waals surface area contributed by atoms with Crippen LogP contribution in [0.1, 0.15) is 11.1 Å². The molecule has 0 aliphatic carbocycles. The van der Waals surface area contributed by atoms with E-state index in [0.29, 0.717) is 28.0 Å². The van der Waals surface area contributed by atoms with E-state index in [-0.39, 0.29) is 11.5 Å². The normalized spacial score (nSPS) is 10.3. The molecule has 0 aromatic heterocycles. The van der Waals surface area contributed by atoms with Crippen molar-refractivity contribution in [3.63, 3.8) is 0 Å². The van der Waals surface area contributed by atoms with Crippen molar-refractivity contribution in [1.29, 1.82) is 0 Å². The van der Waals surface area contributed by atoms with Crippen LogP contribution < -0.4 is 4.74 Å². The Morgan fingerprint density at radius 2 is 1.90 bits per heavy atom. The van der Waals surface area contributed by atoms with Crippen molar-refractivity contribution in [2.45, 2.75) is 12.3 Å². The predicted molar refractivity (Wildman–Crippen MR) is 76.9 cm³/mol. The second-order valence-electron chi connectivity index (χ2n) is 4.19. The molecule has 0 radical (unpaired) electrons. The molecule has 0 unspecified atom stereocenters. The van der Waals surface area contributed by atoms with Gasteiger partial charge in [0.1, 0.15) is 17.3 Å². The molecule has 0 fully saturated rings. The molecule has 0 bridgehead atoms. The van der Waals surface area contributed by atoms with Crippen LogP contribution in [-0.2, 0) is 5.33 Å². The zero-order valence-electron chi connectivity index (χ0n) is 10.6. The summed E-state index contributed by atoms with van der Waals surface area (Å²) in [6.45, 7) is 1.66. The monoisotopic (exact) mass is 339 g/mol. The molecular weight excluding hydrogens is 329 g/mol. The highest BCUT2D eigenvalue weighted by Crippen LogP contribution is 2.29. The summed E-state index contributed by atoms with van der Waals surface area (Å²) in [5.41, 5.74) is 1.05. The topological polar surface area (TPSA) is 52.4 Å². The molecule has 6 heteroatoms. The lowest BCUT2D eigenvalue weighted by Crippen LogP contribution is -1.94. The van der Waals surface area contributed by atoms with E-state index in [1.165, 1.54) is 18.2 Å². The first kappa shape index (κ1) is 14.5. The maximum Gasteiger partial charge on any atom is 0.273 e. The van der Waals surface area contributed by atoms with E-state index in [1.807, 2.05) is 0 Å². The Bertz CT molecular complexity index is 661. The number of ether oxygens (including phenoxy) is 1. The number of hydrogen-bond donors (Lipinski definition) is 0. The zero-order valence-corrected chi connectivity index (χ0v) is 12.2. The second-order valence-corrected chi connectivity index (χ2v) is 4.76. The number of nitro benzene ring substituents is 1. The van der Waals surface area contributed by atoms with Crippen LogP contribution in [0.15, 0.2) is 36.4 Å². The number of nitro groups is 1. The fourth-order valence-electron chi connectivity index (χ4n) is 1.68. The SMILES string of the molecule is Cc1ccc(Oc2ccc([N+](=O)[O-])c(CBr)c2)cc1F. The van der Waals surface area contributed by atoms with Gasteiger partial charge in [-0.2, -0.15) is 0 Å². The number of alkyl halides is 1. The van der Waals surface area contributed by atoms with Gasteiger partial charge in [0.2, 0.25) is 0 Å². The standard InChI is InChI=1S/C14H11BrFNO3/c1-9-2-3-12(7-13(9)16)20-11-4-5-14(17(18)19)10(6-11)8-15/h2-7H,8H2,1H3. The van der Waals surface area contributed by atoms with Crippen molar-refractivity contribution < 1.29 is 14.1 Å². The molecule has 2 aromatic rings. The molecule has 0 atom stereocenters. The summed E-state index contributed by atoms with van der Waals surface area (Å²) in [6.07, 6.45) is 0. The van der Waals surface area contributed by atoms with Gasteiger partial charge in [-0.05, 0) is 30.7 Å². The van der Waals surface area contributed by atoms with Crippen LogP contribution in [0, 0.1) is 22.9 Å². The molecule has 0 amide bonds. The summed E-state index contributed by atoms with van der Waals surface area (Å²) >= 11 is 3.20. The van der Waals surface area contributed by atoms with E-state index in [0.717, 1.165) is 0 Å². The van der Waals surface area contributed by atoms with E-state index < -0.39 is 4.92 Å². The third-order valence-corrected chi connectivity index (χ3v) is 3.37. The van der Waals surface area contributed by atoms with Crippen molar-refractivity contribution in [2.24, 2.45) is 0 Å². The number of hydrogen-bond acceptors (Lipinski definition) is 3. The summed E-state index contributed by atoms with van der Waals surface area (Å²) in [4.78, 5) is 10.4. The minimum atomic E-state index is -0.452. The van der Waals surface area contributed by atoms with Gasteiger partial charge in [-0.15, -0.1) is 0 Å². The Labute approximate surface area is 123 Å². The van der Waals surface area contributed by atoms with Crippen molar-refractivity contribution in [1.82, 2.24) is 0 Å². The minimum Gasteiger partial charge on any atom is -0.457 e. The molecule has 20 heavy (non-hydrogen) atoms. The van der Waals surface area contributed by atoms with Gasteiger partial charge in [-0.3, -0.25) is 10.1 Å². The quantitative estimate of drug-likeness (QED) is 0.459. The maximum absolute atomic E-state index is 13.4. The van der Waals surface area contributed by atoms with Crippen molar-refractivity contribution in [3.8, 4) is 11.5 Å². The van der Waals surface area contributed by atoms with Crippen LogP contribution >= 0.6 is 15.9 Å². The molecule has 0 aliphatic heterocycles. The van der Waals surface area contributed by atoms with Gasteiger partial charge >= 0.3 is 0 Å². The Kier molecular flexibility index (Phi) is 4.34. The lowest BCUT2D eigenvalue weighted by Gasteiger charge is -2.08. The molecule has 0 aliphatic rings. The van der Waals surface area contributed by atoms with E-state index in [1.54, 1.807) is 25.1 Å². The van der Waals surface area contributed by atoms with Gasteiger partial charge in [0.15, 0.2) is 0 Å². The average Bonchev–Trinajstić information content (AvgIpc) is 2.42. The molecule has 0 heterocycles. The molecule has 0 spiro atoms. The highest BCUT2D eigenvalue weighted by atomic mass is 79.9. The van der Waals surface area contributed by atoms with Gasteiger partial charge in [-0.1, -0.05) is 22.0 Å². The Hall–Kier alpha value is -1.95. The summed E-state index contributed by atoms with van der Waals surface area (Å²) < 4.78 is 18.9. The van der Waals surface area contributed by atoms with Crippen LogP contribution in [0.4, 0.5) is 10.1 Å². The Morgan fingerprint density at radius 1 is 1.25 bits per heavy atom. The number of aryl methyl sites for hydroxylation is 1. The van der Waals surface area contributed by atoms with Crippen molar-refractivity contribution >= 4 is 21.6 Å². The first-order chi connectivity index (χ1) is 9.51. The zero-order chi connectivity index (χ0) is 14.7. The largest absolute Gasteiger partial charge is 0.457 e. The fourth-order valence-corrected chi connectivity index (χ4v) is 2.13. The number of benzene rings is 2. The van der Waals surface area contributed by atoms with Gasteiger partial charge in [0.05, 0.1) is 4.92 Å². The first-order valence-corrected chi connectivity index (χ1v) is 6.90. The minimum absolute atomic E-state index is 0.0179. The van der Waals surface area contributed by atoms with E-state index in [9.17, 15) is 14.5 Å². The van der Waals surface area contributed by atoms with Gasteiger partial charge in [0, 0.05) is 23.0 Å². The molecule has 2 aromatic carbocycles. The molecular formula is C14H11BrFNO3. The molecule has 0 saturated heterocycles. The molecule has 2 rings (SSSR count). The van der Waals surface area contributed by atoms with Gasteiger partial charge < -0.3 is 4.74 Å². The van der Waals surface area contributed by atoms with Crippen LogP contribution in [-0.4, -0.2) is 4.92 Å². The van der Waals surface area contributed by atoms with E-state index in [2.05, 4.69) is 15.9 Å². The van der Waals surface area contributed by atoms with E-state index in [4.69, 9.17) is 4.74 Å².